The normalized spacial score (nSPS) is 19.9. The fraction of sp³-hybridized carbons (Fsp3) is 0.727. The quantitative estimate of drug-likeness (QED) is 0.872. The summed E-state index contributed by atoms with van der Waals surface area (Å²) in [6, 6.07) is 0. The van der Waals surface area contributed by atoms with Crippen LogP contribution in [0.2, 0.25) is 5.15 Å². The standard InChI is InChI=1S/C11H18ClN3O/c1-15-8-14-10(12)9(15)7-11(16-2)3-5-13-6-4-11/h8,13H,3-7H2,1-2H3. The topological polar surface area (TPSA) is 39.1 Å². The van der Waals surface area contributed by atoms with Gasteiger partial charge in [0.1, 0.15) is 5.15 Å². The van der Waals surface area contributed by atoms with Gasteiger partial charge in [-0.15, -0.1) is 0 Å². The molecule has 0 amide bonds. The second-order valence-electron chi connectivity index (χ2n) is 4.41. The van der Waals surface area contributed by atoms with Crippen molar-refractivity contribution in [2.75, 3.05) is 20.2 Å². The molecule has 1 aliphatic rings. The van der Waals surface area contributed by atoms with Gasteiger partial charge in [0.2, 0.25) is 0 Å². The number of nitrogens with one attached hydrogen (secondary N) is 1. The lowest BCUT2D eigenvalue weighted by Crippen LogP contribution is -2.45. The van der Waals surface area contributed by atoms with Gasteiger partial charge in [-0.2, -0.15) is 0 Å². The summed E-state index contributed by atoms with van der Waals surface area (Å²) in [6.45, 7) is 2.01. The van der Waals surface area contributed by atoms with Crippen LogP contribution in [-0.4, -0.2) is 35.4 Å². The maximum Gasteiger partial charge on any atom is 0.150 e. The van der Waals surface area contributed by atoms with E-state index in [1.807, 2.05) is 11.6 Å². The zero-order chi connectivity index (χ0) is 11.6. The minimum absolute atomic E-state index is 0.0807. The summed E-state index contributed by atoms with van der Waals surface area (Å²) in [5.41, 5.74) is 0.980. The Morgan fingerprint density at radius 2 is 2.25 bits per heavy atom. The molecule has 2 rings (SSSR count). The van der Waals surface area contributed by atoms with Crippen molar-refractivity contribution in [3.05, 3.63) is 17.2 Å². The van der Waals surface area contributed by atoms with Gasteiger partial charge < -0.3 is 14.6 Å². The van der Waals surface area contributed by atoms with Crippen LogP contribution in [0.5, 0.6) is 0 Å². The van der Waals surface area contributed by atoms with Crippen molar-refractivity contribution in [1.29, 1.82) is 0 Å². The third-order valence-corrected chi connectivity index (χ3v) is 3.76. The molecule has 4 nitrogen and oxygen atoms in total. The van der Waals surface area contributed by atoms with Crippen molar-refractivity contribution in [2.24, 2.45) is 7.05 Å². The Labute approximate surface area is 101 Å². The third-order valence-electron chi connectivity index (χ3n) is 3.45. The number of hydrogen-bond acceptors (Lipinski definition) is 3. The SMILES string of the molecule is COC1(Cc2c(Cl)ncn2C)CCNCC1. The van der Waals surface area contributed by atoms with E-state index in [0.29, 0.717) is 5.15 Å². The predicted octanol–water partition coefficient (Wildman–Crippen LogP) is 1.38. The average Bonchev–Trinajstić information content (AvgIpc) is 2.62. The van der Waals surface area contributed by atoms with Gasteiger partial charge in [0.15, 0.2) is 0 Å². The molecule has 1 aromatic rings. The van der Waals surface area contributed by atoms with Crippen molar-refractivity contribution < 1.29 is 4.74 Å². The van der Waals surface area contributed by atoms with Crippen molar-refractivity contribution in [3.8, 4) is 0 Å². The molecule has 16 heavy (non-hydrogen) atoms. The molecule has 0 unspecified atom stereocenters. The lowest BCUT2D eigenvalue weighted by Gasteiger charge is -2.36. The fourth-order valence-electron chi connectivity index (χ4n) is 2.27. The van der Waals surface area contributed by atoms with E-state index in [1.54, 1.807) is 13.4 Å². The van der Waals surface area contributed by atoms with Gasteiger partial charge in [-0.25, -0.2) is 4.98 Å². The van der Waals surface area contributed by atoms with Crippen molar-refractivity contribution in [3.63, 3.8) is 0 Å². The first-order chi connectivity index (χ1) is 7.67. The summed E-state index contributed by atoms with van der Waals surface area (Å²) in [5.74, 6) is 0. The summed E-state index contributed by atoms with van der Waals surface area (Å²) in [6.07, 6.45) is 4.62. The van der Waals surface area contributed by atoms with Crippen LogP contribution in [0.3, 0.4) is 0 Å². The molecular weight excluding hydrogens is 226 g/mol. The molecule has 0 saturated carbocycles. The van der Waals surface area contributed by atoms with Crippen LogP contribution in [0.1, 0.15) is 18.5 Å². The van der Waals surface area contributed by atoms with Gasteiger partial charge in [0.05, 0.1) is 17.6 Å². The number of aryl methyl sites for hydroxylation is 1. The summed E-state index contributed by atoms with van der Waals surface area (Å²) in [4.78, 5) is 4.10. The van der Waals surface area contributed by atoms with Crippen molar-refractivity contribution >= 4 is 11.6 Å². The highest BCUT2D eigenvalue weighted by molar-refractivity contribution is 6.30. The van der Waals surface area contributed by atoms with Gasteiger partial charge in [-0.1, -0.05) is 11.6 Å². The molecule has 0 radical (unpaired) electrons. The Bertz CT molecular complexity index is 339. The average molecular weight is 244 g/mol. The van der Waals surface area contributed by atoms with E-state index < -0.39 is 0 Å². The maximum atomic E-state index is 6.08. The van der Waals surface area contributed by atoms with E-state index >= 15 is 0 Å². The second kappa shape index (κ2) is 4.73. The Morgan fingerprint density at radius 1 is 1.56 bits per heavy atom. The third kappa shape index (κ3) is 2.24. The lowest BCUT2D eigenvalue weighted by atomic mass is 9.87. The first-order valence-corrected chi connectivity index (χ1v) is 5.96. The van der Waals surface area contributed by atoms with Crippen LogP contribution in [0.4, 0.5) is 0 Å². The van der Waals surface area contributed by atoms with E-state index in [0.717, 1.165) is 38.0 Å². The highest BCUT2D eigenvalue weighted by Gasteiger charge is 2.33. The molecule has 5 heteroatoms. The molecule has 1 N–H and O–H groups in total. The Kier molecular flexibility index (Phi) is 3.52. The molecule has 0 aliphatic carbocycles. The highest BCUT2D eigenvalue weighted by Crippen LogP contribution is 2.29. The number of rotatable bonds is 3. The molecule has 1 saturated heterocycles. The van der Waals surface area contributed by atoms with Crippen LogP contribution < -0.4 is 5.32 Å². The van der Waals surface area contributed by atoms with E-state index in [9.17, 15) is 0 Å². The number of halogens is 1. The van der Waals surface area contributed by atoms with Gasteiger partial charge in [0, 0.05) is 20.6 Å². The van der Waals surface area contributed by atoms with E-state index in [2.05, 4.69) is 10.3 Å². The van der Waals surface area contributed by atoms with Gasteiger partial charge >= 0.3 is 0 Å². The molecule has 0 aromatic carbocycles. The van der Waals surface area contributed by atoms with Gasteiger partial charge in [-0.05, 0) is 25.9 Å². The predicted molar refractivity (Wildman–Crippen MR) is 63.8 cm³/mol. The first kappa shape index (κ1) is 11.9. The van der Waals surface area contributed by atoms with Crippen LogP contribution in [-0.2, 0) is 18.2 Å². The number of imidazole rings is 1. The first-order valence-electron chi connectivity index (χ1n) is 5.58. The number of methoxy groups -OCH3 is 1. The second-order valence-corrected chi connectivity index (χ2v) is 4.76. The van der Waals surface area contributed by atoms with Crippen LogP contribution in [0, 0.1) is 0 Å². The van der Waals surface area contributed by atoms with Crippen LogP contribution in [0.15, 0.2) is 6.33 Å². The summed E-state index contributed by atoms with van der Waals surface area (Å²) in [7, 11) is 3.76. The Morgan fingerprint density at radius 3 is 2.75 bits per heavy atom. The zero-order valence-corrected chi connectivity index (χ0v) is 10.5. The van der Waals surface area contributed by atoms with E-state index in [1.165, 1.54) is 0 Å². The highest BCUT2D eigenvalue weighted by atomic mass is 35.5. The Hall–Kier alpha value is -0.580. The monoisotopic (exact) mass is 243 g/mol. The summed E-state index contributed by atoms with van der Waals surface area (Å²) in [5, 5.41) is 3.94. The minimum atomic E-state index is -0.0807. The molecule has 90 valence electrons. The molecule has 1 fully saturated rings. The summed E-state index contributed by atoms with van der Waals surface area (Å²) >= 11 is 6.08. The van der Waals surface area contributed by atoms with Crippen LogP contribution in [0.25, 0.3) is 0 Å². The number of piperidine rings is 1. The van der Waals surface area contributed by atoms with Gasteiger partial charge in [-0.3, -0.25) is 0 Å². The number of aromatic nitrogens is 2. The maximum absolute atomic E-state index is 6.08. The minimum Gasteiger partial charge on any atom is -0.378 e. The molecule has 0 atom stereocenters. The largest absolute Gasteiger partial charge is 0.378 e. The molecule has 2 heterocycles. The summed E-state index contributed by atoms with van der Waals surface area (Å²) < 4.78 is 7.70. The van der Waals surface area contributed by atoms with Gasteiger partial charge in [0.25, 0.3) is 0 Å². The smallest absolute Gasteiger partial charge is 0.150 e. The van der Waals surface area contributed by atoms with E-state index in [-0.39, 0.29) is 5.60 Å². The fourth-order valence-corrected chi connectivity index (χ4v) is 2.51. The van der Waals surface area contributed by atoms with Crippen molar-refractivity contribution in [1.82, 2.24) is 14.9 Å². The Balaban J connectivity index is 2.17. The molecule has 0 spiro atoms. The number of hydrogen-bond donors (Lipinski definition) is 1. The van der Waals surface area contributed by atoms with Crippen LogP contribution >= 0.6 is 11.6 Å². The van der Waals surface area contributed by atoms with E-state index in [4.69, 9.17) is 16.3 Å². The molecular formula is C11H18ClN3O. The lowest BCUT2D eigenvalue weighted by molar-refractivity contribution is -0.0344. The molecule has 0 bridgehead atoms. The van der Waals surface area contributed by atoms with Crippen molar-refractivity contribution in [2.45, 2.75) is 24.9 Å². The molecule has 1 aliphatic heterocycles. The zero-order valence-electron chi connectivity index (χ0n) is 9.79. The molecule has 1 aromatic heterocycles. The number of nitrogens with zero attached hydrogens (tertiary/aromatic N) is 2. The number of ether oxygens (including phenoxy) is 1.